The number of piperidine rings is 1. The van der Waals surface area contributed by atoms with Gasteiger partial charge in [0, 0.05) is 28.6 Å². The second kappa shape index (κ2) is 5.42. The lowest BCUT2D eigenvalue weighted by Crippen LogP contribution is -2.45. The first-order valence-electron chi connectivity index (χ1n) is 6.15. The number of likely N-dealkylation sites (tertiary alicyclic amines) is 1. The van der Waals surface area contributed by atoms with Crippen LogP contribution in [0.5, 0.6) is 0 Å². The zero-order chi connectivity index (χ0) is 14.2. The third-order valence-corrected chi connectivity index (χ3v) is 6.74. The van der Waals surface area contributed by atoms with Crippen LogP contribution >= 0.6 is 22.0 Å². The van der Waals surface area contributed by atoms with Gasteiger partial charge in [-0.3, -0.25) is 4.79 Å². The van der Waals surface area contributed by atoms with Crippen molar-refractivity contribution in [2.45, 2.75) is 36.9 Å². The van der Waals surface area contributed by atoms with Crippen molar-refractivity contribution in [3.63, 3.8) is 0 Å². The molecule has 19 heavy (non-hydrogen) atoms. The molecule has 0 saturated carbocycles. The fourth-order valence-electron chi connectivity index (χ4n) is 2.34. The van der Waals surface area contributed by atoms with E-state index < -0.39 is 9.05 Å². The lowest BCUT2D eigenvalue weighted by molar-refractivity contribution is 0.0551. The normalized spacial score (nSPS) is 24.5. The van der Waals surface area contributed by atoms with Crippen LogP contribution in [0.1, 0.15) is 37.0 Å². The van der Waals surface area contributed by atoms with Crippen LogP contribution in [-0.2, 0) is 9.05 Å². The molecule has 1 aliphatic rings. The van der Waals surface area contributed by atoms with Gasteiger partial charge in [-0.05, 0) is 31.7 Å². The van der Waals surface area contributed by atoms with Crippen LogP contribution in [0, 0.1) is 5.92 Å². The molecule has 1 fully saturated rings. The molecule has 4 nitrogen and oxygen atoms in total. The van der Waals surface area contributed by atoms with Gasteiger partial charge in [-0.1, -0.05) is 6.92 Å². The molecule has 0 radical (unpaired) electrons. The molecule has 0 bridgehead atoms. The van der Waals surface area contributed by atoms with Crippen LogP contribution in [0.3, 0.4) is 0 Å². The molecule has 1 aromatic rings. The molecule has 0 spiro atoms. The van der Waals surface area contributed by atoms with Crippen LogP contribution in [0.15, 0.2) is 15.7 Å². The van der Waals surface area contributed by atoms with Crippen molar-refractivity contribution in [3.05, 3.63) is 17.0 Å². The van der Waals surface area contributed by atoms with E-state index in [2.05, 4.69) is 6.92 Å². The van der Waals surface area contributed by atoms with E-state index >= 15 is 0 Å². The third-order valence-electron chi connectivity index (χ3n) is 3.70. The molecule has 106 valence electrons. The summed E-state index contributed by atoms with van der Waals surface area (Å²) < 4.78 is 22.4. The molecule has 0 N–H and O–H groups in total. The van der Waals surface area contributed by atoms with Crippen molar-refractivity contribution in [2.75, 3.05) is 6.54 Å². The second-order valence-corrected chi connectivity index (χ2v) is 8.65. The molecule has 1 saturated heterocycles. The minimum Gasteiger partial charge on any atom is -0.336 e. The summed E-state index contributed by atoms with van der Waals surface area (Å²) in [5, 5.41) is 1.56. The summed E-state index contributed by atoms with van der Waals surface area (Å²) >= 11 is 0.983. The number of nitrogens with zero attached hydrogens (tertiary/aromatic N) is 1. The van der Waals surface area contributed by atoms with E-state index in [1.165, 1.54) is 6.07 Å². The Morgan fingerprint density at radius 1 is 1.47 bits per heavy atom. The summed E-state index contributed by atoms with van der Waals surface area (Å²) in [5.74, 6) is 0.356. The first-order chi connectivity index (χ1) is 8.80. The van der Waals surface area contributed by atoms with E-state index in [1.54, 1.807) is 5.38 Å². The molecule has 0 aliphatic carbocycles. The first-order valence-corrected chi connectivity index (χ1v) is 9.34. The molecule has 1 aliphatic heterocycles. The summed E-state index contributed by atoms with van der Waals surface area (Å²) in [6.07, 6.45) is 2.11. The molecular weight excluding hydrogens is 306 g/mol. The smallest absolute Gasteiger partial charge is 0.270 e. The minimum atomic E-state index is -3.75. The average Bonchev–Trinajstić information content (AvgIpc) is 2.81. The van der Waals surface area contributed by atoms with Crippen LogP contribution in [0.2, 0.25) is 0 Å². The number of hydrogen-bond donors (Lipinski definition) is 0. The van der Waals surface area contributed by atoms with Crippen molar-refractivity contribution >= 4 is 37.0 Å². The molecule has 2 rings (SSSR count). The number of carbonyl (C=O) groups excluding carboxylic acids is 1. The summed E-state index contributed by atoms with van der Waals surface area (Å²) in [6.45, 7) is 4.89. The van der Waals surface area contributed by atoms with E-state index in [0.29, 0.717) is 11.5 Å². The third kappa shape index (κ3) is 3.12. The van der Waals surface area contributed by atoms with Crippen LogP contribution in [-0.4, -0.2) is 31.8 Å². The van der Waals surface area contributed by atoms with Crippen molar-refractivity contribution in [1.82, 2.24) is 4.90 Å². The standard InChI is InChI=1S/C12H16ClNO3S2/c1-8-4-3-5-14(9(8)2)12(15)10-6-11(18-7-10)19(13,16)17/h6-9H,3-5H2,1-2H3. The predicted molar refractivity (Wildman–Crippen MR) is 76.3 cm³/mol. The SMILES string of the molecule is CC1CCCN(C(=O)c2csc(S(=O)(=O)Cl)c2)C1C. The number of amides is 1. The second-order valence-electron chi connectivity index (χ2n) is 4.95. The molecule has 7 heteroatoms. The zero-order valence-corrected chi connectivity index (χ0v) is 13.2. The highest BCUT2D eigenvalue weighted by atomic mass is 35.7. The summed E-state index contributed by atoms with van der Waals surface area (Å²) in [7, 11) is 1.52. The maximum atomic E-state index is 12.4. The number of halogens is 1. The molecule has 1 amide bonds. The predicted octanol–water partition coefficient (Wildman–Crippen LogP) is 2.94. The van der Waals surface area contributed by atoms with Crippen LogP contribution in [0.25, 0.3) is 0 Å². The Kier molecular flexibility index (Phi) is 4.23. The largest absolute Gasteiger partial charge is 0.336 e. The van der Waals surface area contributed by atoms with Gasteiger partial charge in [-0.25, -0.2) is 8.42 Å². The van der Waals surface area contributed by atoms with Gasteiger partial charge < -0.3 is 4.90 Å². The van der Waals surface area contributed by atoms with Gasteiger partial charge in [-0.15, -0.1) is 11.3 Å². The van der Waals surface area contributed by atoms with Crippen molar-refractivity contribution in [2.24, 2.45) is 5.92 Å². The minimum absolute atomic E-state index is 0.0234. The molecular formula is C12H16ClNO3S2. The lowest BCUT2D eigenvalue weighted by atomic mass is 9.92. The van der Waals surface area contributed by atoms with E-state index in [4.69, 9.17) is 10.7 Å². The zero-order valence-electron chi connectivity index (χ0n) is 10.8. The summed E-state index contributed by atoms with van der Waals surface area (Å²) in [6, 6.07) is 1.54. The lowest BCUT2D eigenvalue weighted by Gasteiger charge is -2.37. The van der Waals surface area contributed by atoms with Crippen LogP contribution in [0.4, 0.5) is 0 Å². The Balaban J connectivity index is 2.22. The maximum absolute atomic E-state index is 12.4. The fourth-order valence-corrected chi connectivity index (χ4v) is 4.28. The Morgan fingerprint density at radius 3 is 2.74 bits per heavy atom. The van der Waals surface area contributed by atoms with E-state index in [0.717, 1.165) is 30.7 Å². The number of hydrogen-bond acceptors (Lipinski definition) is 4. The van der Waals surface area contributed by atoms with Gasteiger partial charge in [0.2, 0.25) is 0 Å². The number of rotatable bonds is 2. The highest BCUT2D eigenvalue weighted by Crippen LogP contribution is 2.28. The van der Waals surface area contributed by atoms with Crippen molar-refractivity contribution < 1.29 is 13.2 Å². The Morgan fingerprint density at radius 2 is 2.16 bits per heavy atom. The number of carbonyl (C=O) groups is 1. The van der Waals surface area contributed by atoms with Gasteiger partial charge in [0.05, 0.1) is 5.56 Å². The van der Waals surface area contributed by atoms with Gasteiger partial charge in [-0.2, -0.15) is 0 Å². The molecule has 2 heterocycles. The Bertz CT molecular complexity index is 582. The van der Waals surface area contributed by atoms with Gasteiger partial charge in [0.25, 0.3) is 15.0 Å². The van der Waals surface area contributed by atoms with Crippen LogP contribution < -0.4 is 0 Å². The fraction of sp³-hybridized carbons (Fsp3) is 0.583. The molecule has 2 atom stereocenters. The monoisotopic (exact) mass is 321 g/mol. The highest BCUT2D eigenvalue weighted by molar-refractivity contribution is 8.15. The molecule has 1 aromatic heterocycles. The quantitative estimate of drug-likeness (QED) is 0.787. The Hall–Kier alpha value is -0.590. The van der Waals surface area contributed by atoms with E-state index in [-0.39, 0.29) is 16.2 Å². The van der Waals surface area contributed by atoms with Gasteiger partial charge >= 0.3 is 0 Å². The van der Waals surface area contributed by atoms with Gasteiger partial charge in [0.15, 0.2) is 0 Å². The molecule has 0 aromatic carbocycles. The maximum Gasteiger partial charge on any atom is 0.270 e. The topological polar surface area (TPSA) is 54.5 Å². The Labute approximate surface area is 121 Å². The van der Waals surface area contributed by atoms with E-state index in [1.807, 2.05) is 11.8 Å². The summed E-state index contributed by atoms with van der Waals surface area (Å²) in [5.41, 5.74) is 0.408. The average molecular weight is 322 g/mol. The van der Waals surface area contributed by atoms with Gasteiger partial charge in [0.1, 0.15) is 4.21 Å². The number of thiophene rings is 1. The van der Waals surface area contributed by atoms with Crippen molar-refractivity contribution in [3.8, 4) is 0 Å². The highest BCUT2D eigenvalue weighted by Gasteiger charge is 2.30. The molecule has 2 unspecified atom stereocenters. The summed E-state index contributed by atoms with van der Waals surface area (Å²) in [4.78, 5) is 14.2. The first kappa shape index (κ1) is 14.8. The van der Waals surface area contributed by atoms with Crippen molar-refractivity contribution in [1.29, 1.82) is 0 Å². The van der Waals surface area contributed by atoms with E-state index in [9.17, 15) is 13.2 Å².